The predicted molar refractivity (Wildman–Crippen MR) is 63.2 cm³/mol. The van der Waals surface area contributed by atoms with Crippen molar-refractivity contribution in [1.29, 1.82) is 0 Å². The van der Waals surface area contributed by atoms with Gasteiger partial charge in [-0.05, 0) is 39.3 Å². The molecule has 0 spiro atoms. The molecule has 1 aliphatic heterocycles. The maximum absolute atomic E-state index is 2.44. The average Bonchev–Trinajstić information content (AvgIpc) is 2.18. The summed E-state index contributed by atoms with van der Waals surface area (Å²) in [5.74, 6) is 0.955. The van der Waals surface area contributed by atoms with Crippen molar-refractivity contribution in [2.75, 3.05) is 13.6 Å². The van der Waals surface area contributed by atoms with Crippen LogP contribution in [0.25, 0.3) is 0 Å². The molecule has 0 N–H and O–H groups in total. The molecule has 1 nitrogen and oxygen atoms in total. The Bertz CT molecular complexity index is 91.1. The van der Waals surface area contributed by atoms with E-state index in [4.69, 9.17) is 0 Å². The van der Waals surface area contributed by atoms with Crippen LogP contribution in [0, 0.1) is 5.92 Å². The minimum absolute atomic E-state index is 0.814. The molecule has 0 amide bonds. The van der Waals surface area contributed by atoms with Crippen LogP contribution in [0.5, 0.6) is 0 Å². The van der Waals surface area contributed by atoms with E-state index in [1.54, 1.807) is 0 Å². The normalized spacial score (nSPS) is 27.9. The summed E-state index contributed by atoms with van der Waals surface area (Å²) in [6, 6.07) is 0.814. The fraction of sp³-hybridized carbons (Fsp3) is 1.00. The van der Waals surface area contributed by atoms with Crippen molar-refractivity contribution in [3.8, 4) is 0 Å². The van der Waals surface area contributed by atoms with Crippen LogP contribution in [0.15, 0.2) is 0 Å². The van der Waals surface area contributed by atoms with E-state index in [0.717, 1.165) is 12.0 Å². The van der Waals surface area contributed by atoms with Gasteiger partial charge in [-0.3, -0.25) is 0 Å². The summed E-state index contributed by atoms with van der Waals surface area (Å²) in [5, 5.41) is 0. The largest absolute Gasteiger partial charge is 0.304 e. The molecule has 0 bridgehead atoms. The number of piperidine rings is 1. The summed E-state index contributed by atoms with van der Waals surface area (Å²) in [7, 11) is 2.22. The van der Waals surface area contributed by atoms with Crippen molar-refractivity contribution in [2.24, 2.45) is 5.92 Å². The highest BCUT2D eigenvalue weighted by molar-refractivity contribution is 4.73. The van der Waals surface area contributed by atoms with E-state index in [1.165, 1.54) is 19.4 Å². The zero-order valence-corrected chi connectivity index (χ0v) is 10.7. The van der Waals surface area contributed by atoms with Crippen molar-refractivity contribution >= 4 is 0 Å². The first-order valence-corrected chi connectivity index (χ1v) is 5.90. The number of rotatable bonds is 0. The highest BCUT2D eigenvalue weighted by atomic mass is 15.1. The lowest BCUT2D eigenvalue weighted by molar-refractivity contribution is 0.162. The highest BCUT2D eigenvalue weighted by Crippen LogP contribution is 2.19. The Balaban J connectivity index is 0. The van der Waals surface area contributed by atoms with Gasteiger partial charge in [0.05, 0.1) is 0 Å². The minimum atomic E-state index is 0.814. The van der Waals surface area contributed by atoms with Crippen LogP contribution in [-0.4, -0.2) is 24.5 Å². The highest BCUT2D eigenvalue weighted by Gasteiger charge is 2.18. The molecule has 0 saturated carbocycles. The summed E-state index contributed by atoms with van der Waals surface area (Å²) < 4.78 is 0. The molecule has 0 aromatic carbocycles. The van der Waals surface area contributed by atoms with Gasteiger partial charge in [-0.1, -0.05) is 34.6 Å². The van der Waals surface area contributed by atoms with E-state index < -0.39 is 0 Å². The summed E-state index contributed by atoms with van der Waals surface area (Å²) in [5.41, 5.74) is 0. The standard InChI is InChI=1S/C8H17N.2C2H6/c1-7-4-5-9(3)8(2)6-7;2*1-2/h7-8H,4-6H2,1-3H3;2*1-2H3. The third-order valence-electron chi connectivity index (χ3n) is 2.47. The molecule has 1 fully saturated rings. The SMILES string of the molecule is CC.CC.CC1CCN(C)C(C)C1. The molecule has 0 aliphatic carbocycles. The van der Waals surface area contributed by atoms with Gasteiger partial charge >= 0.3 is 0 Å². The van der Waals surface area contributed by atoms with Crippen LogP contribution in [0.4, 0.5) is 0 Å². The van der Waals surface area contributed by atoms with Gasteiger partial charge in [0.25, 0.3) is 0 Å². The van der Waals surface area contributed by atoms with Crippen molar-refractivity contribution in [3.05, 3.63) is 0 Å². The van der Waals surface area contributed by atoms with E-state index in [2.05, 4.69) is 25.8 Å². The Morgan fingerprint density at radius 1 is 1.00 bits per heavy atom. The molecule has 2 atom stereocenters. The van der Waals surface area contributed by atoms with Crippen LogP contribution < -0.4 is 0 Å². The quantitative estimate of drug-likeness (QED) is 0.558. The van der Waals surface area contributed by atoms with Gasteiger partial charge < -0.3 is 4.90 Å². The molecule has 1 saturated heterocycles. The number of nitrogens with zero attached hydrogens (tertiary/aromatic N) is 1. The van der Waals surface area contributed by atoms with E-state index in [-0.39, 0.29) is 0 Å². The lowest BCUT2D eigenvalue weighted by Gasteiger charge is -2.33. The van der Waals surface area contributed by atoms with Gasteiger partial charge in [-0.2, -0.15) is 0 Å². The third kappa shape index (κ3) is 7.06. The Morgan fingerprint density at radius 3 is 1.77 bits per heavy atom. The predicted octanol–water partition coefficient (Wildman–Crippen LogP) is 3.79. The van der Waals surface area contributed by atoms with Crippen molar-refractivity contribution in [3.63, 3.8) is 0 Å². The molecule has 1 aliphatic rings. The van der Waals surface area contributed by atoms with Gasteiger partial charge in [0.1, 0.15) is 0 Å². The topological polar surface area (TPSA) is 3.24 Å². The number of hydrogen-bond acceptors (Lipinski definition) is 1. The fourth-order valence-corrected chi connectivity index (χ4v) is 1.52. The van der Waals surface area contributed by atoms with Crippen molar-refractivity contribution in [2.45, 2.75) is 60.4 Å². The third-order valence-corrected chi connectivity index (χ3v) is 2.47. The zero-order chi connectivity index (χ0) is 10.9. The van der Waals surface area contributed by atoms with E-state index >= 15 is 0 Å². The molecular formula is C12H29N. The molecule has 1 rings (SSSR count). The maximum Gasteiger partial charge on any atom is 0.00664 e. The molecule has 13 heavy (non-hydrogen) atoms. The Labute approximate surface area is 85.5 Å². The Kier molecular flexibility index (Phi) is 11.9. The van der Waals surface area contributed by atoms with Gasteiger partial charge in [-0.25, -0.2) is 0 Å². The van der Waals surface area contributed by atoms with Crippen LogP contribution in [-0.2, 0) is 0 Å². The lowest BCUT2D eigenvalue weighted by Crippen LogP contribution is -2.36. The molecule has 1 heteroatoms. The summed E-state index contributed by atoms with van der Waals surface area (Å²) in [6.45, 7) is 14.0. The maximum atomic E-state index is 2.44. The summed E-state index contributed by atoms with van der Waals surface area (Å²) in [6.07, 6.45) is 2.78. The molecule has 82 valence electrons. The zero-order valence-electron chi connectivity index (χ0n) is 10.7. The monoisotopic (exact) mass is 187 g/mol. The summed E-state index contributed by atoms with van der Waals surface area (Å²) in [4.78, 5) is 2.44. The van der Waals surface area contributed by atoms with Crippen LogP contribution in [0.3, 0.4) is 0 Å². The number of hydrogen-bond donors (Lipinski definition) is 0. The molecular weight excluding hydrogens is 158 g/mol. The molecule has 0 radical (unpaired) electrons. The second kappa shape index (κ2) is 10.0. The molecule has 2 unspecified atom stereocenters. The first-order chi connectivity index (χ1) is 6.20. The second-order valence-corrected chi connectivity index (χ2v) is 3.46. The van der Waals surface area contributed by atoms with Crippen molar-refractivity contribution in [1.82, 2.24) is 4.90 Å². The fourth-order valence-electron chi connectivity index (χ4n) is 1.52. The Hall–Kier alpha value is -0.0400. The first kappa shape index (κ1) is 15.4. The second-order valence-electron chi connectivity index (χ2n) is 3.46. The van der Waals surface area contributed by atoms with Gasteiger partial charge in [0.2, 0.25) is 0 Å². The van der Waals surface area contributed by atoms with Gasteiger partial charge in [-0.15, -0.1) is 0 Å². The molecule has 0 aromatic rings. The van der Waals surface area contributed by atoms with Crippen LogP contribution >= 0.6 is 0 Å². The van der Waals surface area contributed by atoms with Crippen LogP contribution in [0.2, 0.25) is 0 Å². The molecule has 0 aromatic heterocycles. The lowest BCUT2D eigenvalue weighted by atomic mass is 9.94. The van der Waals surface area contributed by atoms with E-state index in [9.17, 15) is 0 Å². The van der Waals surface area contributed by atoms with Crippen LogP contribution in [0.1, 0.15) is 54.4 Å². The smallest absolute Gasteiger partial charge is 0.00664 e. The number of likely N-dealkylation sites (tertiary alicyclic amines) is 1. The van der Waals surface area contributed by atoms with Gasteiger partial charge in [0.15, 0.2) is 0 Å². The summed E-state index contributed by atoms with van der Waals surface area (Å²) >= 11 is 0. The molecule has 1 heterocycles. The van der Waals surface area contributed by atoms with Gasteiger partial charge in [0, 0.05) is 6.04 Å². The first-order valence-electron chi connectivity index (χ1n) is 5.90. The van der Waals surface area contributed by atoms with Crippen molar-refractivity contribution < 1.29 is 0 Å². The van der Waals surface area contributed by atoms with E-state index in [0.29, 0.717) is 0 Å². The average molecular weight is 187 g/mol. The Morgan fingerprint density at radius 2 is 1.46 bits per heavy atom. The minimum Gasteiger partial charge on any atom is -0.304 e. The van der Waals surface area contributed by atoms with E-state index in [1.807, 2.05) is 27.7 Å².